The van der Waals surface area contributed by atoms with Crippen LogP contribution in [0, 0.1) is 11.3 Å². The Balaban J connectivity index is 2.38. The fourth-order valence-electron chi connectivity index (χ4n) is 1.88. The maximum atomic E-state index is 8.84. The second kappa shape index (κ2) is 6.22. The molecule has 20 heavy (non-hydrogen) atoms. The van der Waals surface area contributed by atoms with Gasteiger partial charge in [0, 0.05) is 12.6 Å². The van der Waals surface area contributed by atoms with Crippen LogP contribution in [0.1, 0.15) is 18.1 Å². The molecule has 0 saturated heterocycles. The second-order valence-corrected chi connectivity index (χ2v) is 4.49. The molecule has 1 aromatic carbocycles. The number of aromatic nitrogens is 2. The minimum absolute atomic E-state index is 0.482. The Bertz CT molecular complexity index is 663. The minimum atomic E-state index is 0.482. The molecule has 0 amide bonds. The van der Waals surface area contributed by atoms with Crippen LogP contribution in [-0.2, 0) is 6.42 Å². The van der Waals surface area contributed by atoms with Crippen molar-refractivity contribution < 1.29 is 0 Å². The molecule has 0 aliphatic carbocycles. The van der Waals surface area contributed by atoms with Gasteiger partial charge in [-0.15, -0.1) is 0 Å². The Morgan fingerprint density at radius 1 is 1.30 bits per heavy atom. The van der Waals surface area contributed by atoms with Gasteiger partial charge < -0.3 is 10.6 Å². The third-order valence-electron chi connectivity index (χ3n) is 2.89. The fraction of sp³-hybridized carbons (Fsp3) is 0.214. The molecule has 5 nitrogen and oxygen atoms in total. The summed E-state index contributed by atoms with van der Waals surface area (Å²) < 4.78 is 0. The summed E-state index contributed by atoms with van der Waals surface area (Å²) in [4.78, 5) is 8.43. The van der Waals surface area contributed by atoms with E-state index < -0.39 is 0 Å². The molecule has 0 atom stereocenters. The number of nitriles is 1. The molecule has 0 saturated carbocycles. The van der Waals surface area contributed by atoms with Crippen LogP contribution in [-0.4, -0.2) is 17.0 Å². The normalized spacial score (nSPS) is 9.90. The highest BCUT2D eigenvalue weighted by Gasteiger charge is 2.10. The van der Waals surface area contributed by atoms with Crippen molar-refractivity contribution >= 4 is 28.9 Å². The monoisotopic (exact) mass is 287 g/mol. The summed E-state index contributed by atoms with van der Waals surface area (Å²) in [7, 11) is 1.82. The van der Waals surface area contributed by atoms with Crippen molar-refractivity contribution in [1.29, 1.82) is 5.26 Å². The molecular weight excluding hydrogens is 274 g/mol. The molecule has 0 aliphatic heterocycles. The molecule has 0 spiro atoms. The van der Waals surface area contributed by atoms with Crippen LogP contribution in [0.5, 0.6) is 0 Å². The Kier molecular flexibility index (Phi) is 4.38. The maximum absolute atomic E-state index is 8.84. The molecule has 6 heteroatoms. The summed E-state index contributed by atoms with van der Waals surface area (Å²) in [5.41, 5.74) is 2.21. The van der Waals surface area contributed by atoms with E-state index in [1.54, 1.807) is 18.2 Å². The predicted molar refractivity (Wildman–Crippen MR) is 80.4 cm³/mol. The zero-order chi connectivity index (χ0) is 14.5. The largest absolute Gasteiger partial charge is 0.373 e. The zero-order valence-electron chi connectivity index (χ0n) is 11.2. The van der Waals surface area contributed by atoms with Crippen molar-refractivity contribution in [1.82, 2.24) is 9.97 Å². The molecule has 2 aromatic rings. The Hall–Kier alpha value is -2.32. The van der Waals surface area contributed by atoms with Gasteiger partial charge in [-0.2, -0.15) is 5.26 Å². The van der Waals surface area contributed by atoms with Crippen LogP contribution >= 0.6 is 11.6 Å². The molecule has 0 fully saturated rings. The molecule has 1 heterocycles. The van der Waals surface area contributed by atoms with E-state index >= 15 is 0 Å². The zero-order valence-corrected chi connectivity index (χ0v) is 12.0. The summed E-state index contributed by atoms with van der Waals surface area (Å²) in [5, 5.41) is 15.5. The van der Waals surface area contributed by atoms with E-state index in [1.807, 2.05) is 14.0 Å². The lowest BCUT2D eigenvalue weighted by molar-refractivity contribution is 1.05. The summed E-state index contributed by atoms with van der Waals surface area (Å²) in [6.45, 7) is 2.03. The highest BCUT2D eigenvalue weighted by Crippen LogP contribution is 2.28. The molecular formula is C14H14ClN5. The fourth-order valence-corrected chi connectivity index (χ4v) is 2.11. The first-order valence-corrected chi connectivity index (χ1v) is 6.55. The molecule has 0 unspecified atom stereocenters. The molecule has 102 valence electrons. The molecule has 0 aliphatic rings. The van der Waals surface area contributed by atoms with Crippen LogP contribution in [0.4, 0.5) is 17.3 Å². The van der Waals surface area contributed by atoms with Gasteiger partial charge in [0.25, 0.3) is 0 Å². The van der Waals surface area contributed by atoms with Crippen molar-refractivity contribution in [2.24, 2.45) is 0 Å². The smallest absolute Gasteiger partial charge is 0.139 e. The van der Waals surface area contributed by atoms with Gasteiger partial charge >= 0.3 is 0 Å². The van der Waals surface area contributed by atoms with Gasteiger partial charge in [0.2, 0.25) is 0 Å². The van der Waals surface area contributed by atoms with E-state index in [0.29, 0.717) is 22.1 Å². The van der Waals surface area contributed by atoms with Gasteiger partial charge in [0.05, 0.1) is 22.3 Å². The maximum Gasteiger partial charge on any atom is 0.139 e. The van der Waals surface area contributed by atoms with Crippen molar-refractivity contribution in [2.75, 3.05) is 17.7 Å². The predicted octanol–water partition coefficient (Wildman–Crippen LogP) is 3.35. The first kappa shape index (κ1) is 14.1. The Morgan fingerprint density at radius 2 is 2.05 bits per heavy atom. The minimum Gasteiger partial charge on any atom is -0.373 e. The Labute approximate surface area is 122 Å². The van der Waals surface area contributed by atoms with Crippen molar-refractivity contribution in [3.63, 3.8) is 0 Å². The van der Waals surface area contributed by atoms with Crippen LogP contribution in [0.2, 0.25) is 5.02 Å². The lowest BCUT2D eigenvalue weighted by Crippen LogP contribution is -2.05. The molecule has 2 rings (SSSR count). The number of hydrogen-bond donors (Lipinski definition) is 2. The van der Waals surface area contributed by atoms with E-state index in [2.05, 4.69) is 26.7 Å². The van der Waals surface area contributed by atoms with Crippen LogP contribution in [0.25, 0.3) is 0 Å². The van der Waals surface area contributed by atoms with Gasteiger partial charge in [0.1, 0.15) is 18.0 Å². The number of nitrogens with zero attached hydrogens (tertiary/aromatic N) is 3. The third-order valence-corrected chi connectivity index (χ3v) is 3.20. The standard InChI is InChI=1S/C14H14ClN5/c1-3-10-13(17-2)18-8-19-14(10)20-12-5-4-9(7-16)6-11(12)15/h4-6,8H,3H2,1-2H3,(H2,17,18,19,20). The molecule has 0 bridgehead atoms. The SMILES string of the molecule is CCc1c(NC)ncnc1Nc1ccc(C#N)cc1Cl. The average Bonchev–Trinajstić information content (AvgIpc) is 2.48. The van der Waals surface area contributed by atoms with Gasteiger partial charge in [-0.1, -0.05) is 18.5 Å². The first-order valence-electron chi connectivity index (χ1n) is 6.17. The molecule has 2 N–H and O–H groups in total. The van der Waals surface area contributed by atoms with E-state index in [0.717, 1.165) is 17.8 Å². The van der Waals surface area contributed by atoms with Crippen molar-refractivity contribution in [3.05, 3.63) is 40.7 Å². The van der Waals surface area contributed by atoms with Gasteiger partial charge in [-0.25, -0.2) is 9.97 Å². The van der Waals surface area contributed by atoms with E-state index in [-0.39, 0.29) is 0 Å². The summed E-state index contributed by atoms with van der Waals surface area (Å²) >= 11 is 6.15. The van der Waals surface area contributed by atoms with Crippen LogP contribution < -0.4 is 10.6 Å². The number of nitrogens with one attached hydrogen (secondary N) is 2. The third kappa shape index (κ3) is 2.81. The lowest BCUT2D eigenvalue weighted by Gasteiger charge is -2.13. The molecule has 0 radical (unpaired) electrons. The topological polar surface area (TPSA) is 73.6 Å². The van der Waals surface area contributed by atoms with Gasteiger partial charge in [-0.05, 0) is 24.6 Å². The van der Waals surface area contributed by atoms with Gasteiger partial charge in [0.15, 0.2) is 0 Å². The number of rotatable bonds is 4. The number of hydrogen-bond acceptors (Lipinski definition) is 5. The highest BCUT2D eigenvalue weighted by atomic mass is 35.5. The molecule has 1 aromatic heterocycles. The van der Waals surface area contributed by atoms with Crippen molar-refractivity contribution in [2.45, 2.75) is 13.3 Å². The van der Waals surface area contributed by atoms with E-state index in [1.165, 1.54) is 6.33 Å². The van der Waals surface area contributed by atoms with Crippen LogP contribution in [0.15, 0.2) is 24.5 Å². The summed E-state index contributed by atoms with van der Waals surface area (Å²) in [6, 6.07) is 7.15. The number of halogens is 1. The second-order valence-electron chi connectivity index (χ2n) is 4.08. The lowest BCUT2D eigenvalue weighted by atomic mass is 10.2. The summed E-state index contributed by atoms with van der Waals surface area (Å²) in [5.74, 6) is 1.49. The van der Waals surface area contributed by atoms with Crippen LogP contribution in [0.3, 0.4) is 0 Å². The number of anilines is 3. The Morgan fingerprint density at radius 3 is 2.65 bits per heavy atom. The van der Waals surface area contributed by atoms with E-state index in [4.69, 9.17) is 16.9 Å². The summed E-state index contributed by atoms with van der Waals surface area (Å²) in [6.07, 6.45) is 2.28. The van der Waals surface area contributed by atoms with Crippen molar-refractivity contribution in [3.8, 4) is 6.07 Å². The van der Waals surface area contributed by atoms with Gasteiger partial charge in [-0.3, -0.25) is 0 Å². The average molecular weight is 288 g/mol. The highest BCUT2D eigenvalue weighted by molar-refractivity contribution is 6.33. The quantitative estimate of drug-likeness (QED) is 0.902. The first-order chi connectivity index (χ1) is 9.69. The number of benzene rings is 1. The van der Waals surface area contributed by atoms with E-state index in [9.17, 15) is 0 Å².